The van der Waals surface area contributed by atoms with Gasteiger partial charge in [0.15, 0.2) is 0 Å². The van der Waals surface area contributed by atoms with Gasteiger partial charge in [0.05, 0.1) is 17.6 Å². The van der Waals surface area contributed by atoms with E-state index in [4.69, 9.17) is 0 Å². The summed E-state index contributed by atoms with van der Waals surface area (Å²) >= 11 is 3.42. The Morgan fingerprint density at radius 3 is 2.93 bits per heavy atom. The molecule has 0 spiro atoms. The van der Waals surface area contributed by atoms with E-state index in [1.54, 1.807) is 10.9 Å². The maximum atomic E-state index is 10.3. The summed E-state index contributed by atoms with van der Waals surface area (Å²) in [7, 11) is 0. The third-order valence-electron chi connectivity index (χ3n) is 1.93. The van der Waals surface area contributed by atoms with Gasteiger partial charge in [-0.15, -0.1) is 5.10 Å². The van der Waals surface area contributed by atoms with Crippen LogP contribution in [0.3, 0.4) is 0 Å². The quantitative estimate of drug-likeness (QED) is 0.795. The number of carbonyl (C=O) groups is 1. The Morgan fingerprint density at radius 2 is 2.20 bits per heavy atom. The van der Waals surface area contributed by atoms with Crippen LogP contribution in [0.2, 0.25) is 0 Å². The zero-order chi connectivity index (χ0) is 10.7. The van der Waals surface area contributed by atoms with Gasteiger partial charge in [0, 0.05) is 10.9 Å². The van der Waals surface area contributed by atoms with Gasteiger partial charge in [0.2, 0.25) is 0 Å². The fraction of sp³-hybridized carbons (Fsp3) is 0.100. The molecule has 15 heavy (non-hydrogen) atoms. The molecule has 4 nitrogen and oxygen atoms in total. The second-order valence-corrected chi connectivity index (χ2v) is 3.83. The van der Waals surface area contributed by atoms with Gasteiger partial charge in [-0.3, -0.25) is 0 Å². The van der Waals surface area contributed by atoms with E-state index in [2.05, 4.69) is 26.2 Å². The van der Waals surface area contributed by atoms with Crippen molar-refractivity contribution in [1.82, 2.24) is 15.0 Å². The summed E-state index contributed by atoms with van der Waals surface area (Å²) in [6.07, 6.45) is 2.85. The number of hydrogen-bond acceptors (Lipinski definition) is 3. The number of para-hydroxylation sites is 1. The normalized spacial score (nSPS) is 10.2. The number of aldehydes is 1. The van der Waals surface area contributed by atoms with E-state index < -0.39 is 0 Å². The van der Waals surface area contributed by atoms with Crippen molar-refractivity contribution in [3.63, 3.8) is 0 Å². The molecule has 2 rings (SSSR count). The Labute approximate surface area is 95.0 Å². The smallest absolute Gasteiger partial charge is 0.126 e. The highest BCUT2D eigenvalue weighted by Gasteiger charge is 2.04. The molecule has 5 heteroatoms. The minimum atomic E-state index is 0.296. The molecule has 0 radical (unpaired) electrons. The molecule has 1 aromatic carbocycles. The predicted molar refractivity (Wildman–Crippen MR) is 58.8 cm³/mol. The largest absolute Gasteiger partial charge is 0.303 e. The fourth-order valence-corrected chi connectivity index (χ4v) is 1.70. The average Bonchev–Trinajstić information content (AvgIpc) is 2.68. The van der Waals surface area contributed by atoms with Crippen molar-refractivity contribution in [3.8, 4) is 5.69 Å². The third-order valence-corrected chi connectivity index (χ3v) is 2.60. The molecule has 1 heterocycles. The van der Waals surface area contributed by atoms with Crippen molar-refractivity contribution in [2.45, 2.75) is 6.42 Å². The number of rotatable bonds is 3. The predicted octanol–water partition coefficient (Wildman–Crippen LogP) is 1.77. The van der Waals surface area contributed by atoms with Crippen LogP contribution in [0, 0.1) is 0 Å². The van der Waals surface area contributed by atoms with Crippen LogP contribution < -0.4 is 0 Å². The van der Waals surface area contributed by atoms with Crippen LogP contribution in [0.15, 0.2) is 34.9 Å². The van der Waals surface area contributed by atoms with Crippen LogP contribution in [0.4, 0.5) is 0 Å². The molecule has 0 unspecified atom stereocenters. The van der Waals surface area contributed by atoms with E-state index in [1.807, 2.05) is 24.3 Å². The topological polar surface area (TPSA) is 47.8 Å². The van der Waals surface area contributed by atoms with E-state index in [1.165, 1.54) is 0 Å². The molecule has 0 amide bonds. The fourth-order valence-electron chi connectivity index (χ4n) is 1.23. The SMILES string of the molecule is O=CCc1cn(-c2ccccc2Br)nn1. The van der Waals surface area contributed by atoms with Crippen molar-refractivity contribution in [3.05, 3.63) is 40.6 Å². The van der Waals surface area contributed by atoms with Crippen LogP contribution in [-0.2, 0) is 11.2 Å². The van der Waals surface area contributed by atoms with Crippen LogP contribution in [0.1, 0.15) is 5.69 Å². The summed E-state index contributed by atoms with van der Waals surface area (Å²) in [6, 6.07) is 7.69. The van der Waals surface area contributed by atoms with Crippen LogP contribution >= 0.6 is 15.9 Å². The van der Waals surface area contributed by atoms with E-state index in [-0.39, 0.29) is 0 Å². The molecular formula is C10H8BrN3O. The minimum Gasteiger partial charge on any atom is -0.303 e. The Balaban J connectivity index is 2.37. The molecule has 0 bridgehead atoms. The zero-order valence-electron chi connectivity index (χ0n) is 7.80. The Hall–Kier alpha value is -1.49. The van der Waals surface area contributed by atoms with E-state index in [9.17, 15) is 4.79 Å². The summed E-state index contributed by atoms with van der Waals surface area (Å²) in [5.74, 6) is 0. The van der Waals surface area contributed by atoms with Gasteiger partial charge >= 0.3 is 0 Å². The van der Waals surface area contributed by atoms with Crippen molar-refractivity contribution in [2.24, 2.45) is 0 Å². The molecule has 0 N–H and O–H groups in total. The Morgan fingerprint density at radius 1 is 1.40 bits per heavy atom. The summed E-state index contributed by atoms with van der Waals surface area (Å²) in [6.45, 7) is 0. The molecule has 0 fully saturated rings. The summed E-state index contributed by atoms with van der Waals surface area (Å²) in [4.78, 5) is 10.3. The first-order valence-electron chi connectivity index (χ1n) is 4.41. The summed E-state index contributed by atoms with van der Waals surface area (Å²) in [5, 5.41) is 7.83. The number of aromatic nitrogens is 3. The maximum absolute atomic E-state index is 10.3. The third kappa shape index (κ3) is 2.12. The number of hydrogen-bond donors (Lipinski definition) is 0. The van der Waals surface area contributed by atoms with Gasteiger partial charge in [0.1, 0.15) is 6.29 Å². The van der Waals surface area contributed by atoms with Gasteiger partial charge in [-0.25, -0.2) is 4.68 Å². The van der Waals surface area contributed by atoms with E-state index >= 15 is 0 Å². The molecule has 0 saturated heterocycles. The second-order valence-electron chi connectivity index (χ2n) is 2.98. The first kappa shape index (κ1) is 10.0. The lowest BCUT2D eigenvalue weighted by Crippen LogP contribution is -1.95. The van der Waals surface area contributed by atoms with Crippen LogP contribution in [-0.4, -0.2) is 21.3 Å². The Bertz CT molecular complexity index is 481. The van der Waals surface area contributed by atoms with Crippen LogP contribution in [0.5, 0.6) is 0 Å². The number of nitrogens with zero attached hydrogens (tertiary/aromatic N) is 3. The van der Waals surface area contributed by atoms with Gasteiger partial charge < -0.3 is 4.79 Å². The summed E-state index contributed by atoms with van der Waals surface area (Å²) in [5.41, 5.74) is 1.57. The van der Waals surface area contributed by atoms with Gasteiger partial charge in [-0.1, -0.05) is 17.3 Å². The molecule has 2 aromatic rings. The molecule has 76 valence electrons. The molecule has 0 aliphatic heterocycles. The van der Waals surface area contributed by atoms with Crippen LogP contribution in [0.25, 0.3) is 5.69 Å². The zero-order valence-corrected chi connectivity index (χ0v) is 9.39. The molecule has 0 saturated carbocycles. The Kier molecular flexibility index (Phi) is 2.91. The maximum Gasteiger partial charge on any atom is 0.126 e. The van der Waals surface area contributed by atoms with Crippen molar-refractivity contribution >= 4 is 22.2 Å². The van der Waals surface area contributed by atoms with Crippen molar-refractivity contribution in [1.29, 1.82) is 0 Å². The highest BCUT2D eigenvalue weighted by atomic mass is 79.9. The lowest BCUT2D eigenvalue weighted by atomic mass is 10.3. The van der Waals surface area contributed by atoms with Gasteiger partial charge in [0.25, 0.3) is 0 Å². The summed E-state index contributed by atoms with van der Waals surface area (Å²) < 4.78 is 2.58. The molecule has 0 aliphatic carbocycles. The van der Waals surface area contributed by atoms with Crippen molar-refractivity contribution < 1.29 is 4.79 Å². The number of carbonyl (C=O) groups excluding carboxylic acids is 1. The van der Waals surface area contributed by atoms with Gasteiger partial charge in [-0.2, -0.15) is 0 Å². The highest BCUT2D eigenvalue weighted by molar-refractivity contribution is 9.10. The standard InChI is InChI=1S/C10H8BrN3O/c11-9-3-1-2-4-10(9)14-7-8(5-6-15)12-13-14/h1-4,6-7H,5H2. The van der Waals surface area contributed by atoms with Gasteiger partial charge in [-0.05, 0) is 28.1 Å². The monoisotopic (exact) mass is 265 g/mol. The molecule has 0 atom stereocenters. The van der Waals surface area contributed by atoms with Crippen molar-refractivity contribution in [2.75, 3.05) is 0 Å². The number of halogens is 1. The highest BCUT2D eigenvalue weighted by Crippen LogP contribution is 2.19. The first-order valence-corrected chi connectivity index (χ1v) is 5.20. The average molecular weight is 266 g/mol. The lowest BCUT2D eigenvalue weighted by Gasteiger charge is -2.01. The molecule has 1 aromatic heterocycles. The lowest BCUT2D eigenvalue weighted by molar-refractivity contribution is -0.107. The molecular weight excluding hydrogens is 258 g/mol. The minimum absolute atomic E-state index is 0.296. The van der Waals surface area contributed by atoms with E-state index in [0.717, 1.165) is 16.4 Å². The first-order chi connectivity index (χ1) is 7.31. The molecule has 0 aliphatic rings. The van der Waals surface area contributed by atoms with E-state index in [0.29, 0.717) is 12.1 Å². The second kappa shape index (κ2) is 4.35. The number of benzene rings is 1.